The second kappa shape index (κ2) is 4.67. The van der Waals surface area contributed by atoms with Gasteiger partial charge in [0, 0.05) is 12.7 Å². The van der Waals surface area contributed by atoms with Crippen molar-refractivity contribution in [3.8, 4) is 17.1 Å². The third-order valence-electron chi connectivity index (χ3n) is 2.06. The molecule has 0 radical (unpaired) electrons. The van der Waals surface area contributed by atoms with E-state index in [1.165, 1.54) is 6.39 Å². The maximum Gasteiger partial charge on any atom is 0.188 e. The van der Waals surface area contributed by atoms with Crippen LogP contribution in [-0.2, 0) is 4.74 Å². The number of benzene rings is 1. The van der Waals surface area contributed by atoms with Crippen molar-refractivity contribution in [3.05, 3.63) is 30.8 Å². The molecule has 1 heterocycles. The van der Waals surface area contributed by atoms with Gasteiger partial charge in [-0.1, -0.05) is 0 Å². The number of oxazole rings is 1. The number of anilines is 1. The standard InChI is InChI=1S/C11H12N2O3/c1-14-7-16-10-3-2-8(4-9(10)12)11-5-13-6-15-11/h2-6H,7,12H2,1H3. The summed E-state index contributed by atoms with van der Waals surface area (Å²) in [5.74, 6) is 1.26. The van der Waals surface area contributed by atoms with Gasteiger partial charge in [-0.05, 0) is 18.2 Å². The number of hydrogen-bond donors (Lipinski definition) is 1. The van der Waals surface area contributed by atoms with Crippen molar-refractivity contribution in [2.45, 2.75) is 0 Å². The van der Waals surface area contributed by atoms with Crippen molar-refractivity contribution in [1.29, 1.82) is 0 Å². The van der Waals surface area contributed by atoms with Crippen molar-refractivity contribution < 1.29 is 13.9 Å². The van der Waals surface area contributed by atoms with E-state index in [9.17, 15) is 0 Å². The van der Waals surface area contributed by atoms with Crippen LogP contribution in [-0.4, -0.2) is 18.9 Å². The minimum Gasteiger partial charge on any atom is -0.465 e. The lowest BCUT2D eigenvalue weighted by Crippen LogP contribution is -2.01. The molecule has 5 heteroatoms. The van der Waals surface area contributed by atoms with Gasteiger partial charge >= 0.3 is 0 Å². The number of rotatable bonds is 4. The molecule has 2 rings (SSSR count). The van der Waals surface area contributed by atoms with Crippen LogP contribution in [0.3, 0.4) is 0 Å². The summed E-state index contributed by atoms with van der Waals surface area (Å²) in [5, 5.41) is 0. The Morgan fingerprint density at radius 1 is 1.44 bits per heavy atom. The Kier molecular flexibility index (Phi) is 3.07. The Morgan fingerprint density at radius 2 is 2.31 bits per heavy atom. The van der Waals surface area contributed by atoms with Gasteiger partial charge in [0.05, 0.1) is 11.9 Å². The molecular weight excluding hydrogens is 208 g/mol. The molecule has 0 aliphatic heterocycles. The average Bonchev–Trinajstić information content (AvgIpc) is 2.81. The fraction of sp³-hybridized carbons (Fsp3) is 0.182. The van der Waals surface area contributed by atoms with E-state index < -0.39 is 0 Å². The number of methoxy groups -OCH3 is 1. The van der Waals surface area contributed by atoms with Gasteiger partial charge in [0.25, 0.3) is 0 Å². The van der Waals surface area contributed by atoms with Crippen LogP contribution in [0, 0.1) is 0 Å². The predicted octanol–water partition coefficient (Wildman–Crippen LogP) is 1.91. The van der Waals surface area contributed by atoms with Crippen LogP contribution in [0.5, 0.6) is 5.75 Å². The monoisotopic (exact) mass is 220 g/mol. The molecule has 2 aromatic rings. The predicted molar refractivity (Wildman–Crippen MR) is 58.9 cm³/mol. The quantitative estimate of drug-likeness (QED) is 0.629. The average molecular weight is 220 g/mol. The molecule has 2 N–H and O–H groups in total. The van der Waals surface area contributed by atoms with Gasteiger partial charge in [-0.3, -0.25) is 0 Å². The van der Waals surface area contributed by atoms with E-state index in [0.717, 1.165) is 5.56 Å². The molecule has 1 aromatic carbocycles. The molecular formula is C11H12N2O3. The summed E-state index contributed by atoms with van der Waals surface area (Å²) >= 11 is 0. The zero-order valence-corrected chi connectivity index (χ0v) is 8.84. The Labute approximate surface area is 92.8 Å². The van der Waals surface area contributed by atoms with E-state index in [2.05, 4.69) is 4.98 Å². The molecule has 0 fully saturated rings. The van der Waals surface area contributed by atoms with Gasteiger partial charge in [-0.25, -0.2) is 4.98 Å². The first kappa shape index (κ1) is 10.5. The van der Waals surface area contributed by atoms with Gasteiger partial charge in [0.2, 0.25) is 0 Å². The van der Waals surface area contributed by atoms with Crippen molar-refractivity contribution in [2.75, 3.05) is 19.6 Å². The molecule has 0 atom stereocenters. The van der Waals surface area contributed by atoms with Crippen molar-refractivity contribution in [2.24, 2.45) is 0 Å². The van der Waals surface area contributed by atoms with Crippen LogP contribution in [0.4, 0.5) is 5.69 Å². The third kappa shape index (κ3) is 2.14. The molecule has 16 heavy (non-hydrogen) atoms. The van der Waals surface area contributed by atoms with Crippen molar-refractivity contribution in [1.82, 2.24) is 4.98 Å². The molecule has 0 aliphatic carbocycles. The first-order chi connectivity index (χ1) is 7.81. The SMILES string of the molecule is COCOc1ccc(-c2cnco2)cc1N. The largest absolute Gasteiger partial charge is 0.465 e. The summed E-state index contributed by atoms with van der Waals surface area (Å²) < 4.78 is 15.2. The van der Waals surface area contributed by atoms with E-state index in [0.29, 0.717) is 17.2 Å². The summed E-state index contributed by atoms with van der Waals surface area (Å²) in [6.45, 7) is 0.172. The highest BCUT2D eigenvalue weighted by Crippen LogP contribution is 2.28. The van der Waals surface area contributed by atoms with Gasteiger partial charge < -0.3 is 19.6 Å². The smallest absolute Gasteiger partial charge is 0.188 e. The summed E-state index contributed by atoms with van der Waals surface area (Å²) in [6.07, 6.45) is 3.01. The lowest BCUT2D eigenvalue weighted by Gasteiger charge is -2.08. The van der Waals surface area contributed by atoms with Crippen LogP contribution in [0.25, 0.3) is 11.3 Å². The maximum atomic E-state index is 5.83. The second-order valence-corrected chi connectivity index (χ2v) is 3.17. The van der Waals surface area contributed by atoms with E-state index in [1.54, 1.807) is 25.4 Å². The summed E-state index contributed by atoms with van der Waals surface area (Å²) in [5.41, 5.74) is 7.22. The van der Waals surface area contributed by atoms with E-state index in [4.69, 9.17) is 19.6 Å². The molecule has 0 aliphatic rings. The number of nitrogens with two attached hydrogens (primary N) is 1. The van der Waals surface area contributed by atoms with E-state index in [1.807, 2.05) is 6.07 Å². The normalized spacial score (nSPS) is 10.3. The zero-order valence-electron chi connectivity index (χ0n) is 8.84. The molecule has 84 valence electrons. The van der Waals surface area contributed by atoms with E-state index >= 15 is 0 Å². The Bertz CT molecular complexity index is 454. The number of hydrogen-bond acceptors (Lipinski definition) is 5. The topological polar surface area (TPSA) is 70.5 Å². The van der Waals surface area contributed by atoms with Gasteiger partial charge in [-0.2, -0.15) is 0 Å². The molecule has 0 saturated heterocycles. The van der Waals surface area contributed by atoms with Gasteiger partial charge in [-0.15, -0.1) is 0 Å². The number of nitrogen functional groups attached to an aromatic ring is 1. The minimum absolute atomic E-state index is 0.172. The Morgan fingerprint density at radius 3 is 2.94 bits per heavy atom. The number of nitrogens with zero attached hydrogens (tertiary/aromatic N) is 1. The molecule has 0 saturated carbocycles. The molecule has 5 nitrogen and oxygen atoms in total. The summed E-state index contributed by atoms with van der Waals surface area (Å²) in [4.78, 5) is 3.84. The van der Waals surface area contributed by atoms with Crippen LogP contribution in [0.15, 0.2) is 35.2 Å². The summed E-state index contributed by atoms with van der Waals surface area (Å²) in [7, 11) is 1.55. The number of ether oxygens (including phenoxy) is 2. The zero-order chi connectivity index (χ0) is 11.4. The fourth-order valence-electron chi connectivity index (χ4n) is 1.31. The van der Waals surface area contributed by atoms with E-state index in [-0.39, 0.29) is 6.79 Å². The maximum absolute atomic E-state index is 5.83. The van der Waals surface area contributed by atoms with Crippen LogP contribution in [0.2, 0.25) is 0 Å². The highest BCUT2D eigenvalue weighted by molar-refractivity contribution is 5.66. The van der Waals surface area contributed by atoms with Gasteiger partial charge in [0.1, 0.15) is 5.75 Å². The molecule has 1 aromatic heterocycles. The molecule has 0 bridgehead atoms. The lowest BCUT2D eigenvalue weighted by molar-refractivity contribution is 0.0517. The third-order valence-corrected chi connectivity index (χ3v) is 2.06. The first-order valence-corrected chi connectivity index (χ1v) is 4.71. The summed E-state index contributed by atoms with van der Waals surface area (Å²) in [6, 6.07) is 5.39. The highest BCUT2D eigenvalue weighted by atomic mass is 16.7. The van der Waals surface area contributed by atoms with Crippen LogP contribution in [0.1, 0.15) is 0 Å². The first-order valence-electron chi connectivity index (χ1n) is 4.71. The minimum atomic E-state index is 0.172. The molecule has 0 unspecified atom stereocenters. The lowest BCUT2D eigenvalue weighted by atomic mass is 10.1. The molecule has 0 spiro atoms. The highest BCUT2D eigenvalue weighted by Gasteiger charge is 2.05. The van der Waals surface area contributed by atoms with Crippen molar-refractivity contribution >= 4 is 5.69 Å². The van der Waals surface area contributed by atoms with Crippen LogP contribution < -0.4 is 10.5 Å². The van der Waals surface area contributed by atoms with Gasteiger partial charge in [0.15, 0.2) is 18.9 Å². The molecule has 0 amide bonds. The van der Waals surface area contributed by atoms with Crippen molar-refractivity contribution in [3.63, 3.8) is 0 Å². The number of aromatic nitrogens is 1. The fourth-order valence-corrected chi connectivity index (χ4v) is 1.31. The Hall–Kier alpha value is -2.01. The second-order valence-electron chi connectivity index (χ2n) is 3.17. The van der Waals surface area contributed by atoms with Crippen LogP contribution >= 0.6 is 0 Å². The Balaban J connectivity index is 2.23.